The summed E-state index contributed by atoms with van der Waals surface area (Å²) in [4.78, 5) is 14.8. The Balaban J connectivity index is 2.10. The van der Waals surface area contributed by atoms with Gasteiger partial charge in [-0.1, -0.05) is 0 Å². The minimum Gasteiger partial charge on any atom is -0.314 e. The molecule has 1 aromatic rings. The van der Waals surface area contributed by atoms with Gasteiger partial charge in [-0.15, -0.1) is 0 Å². The summed E-state index contributed by atoms with van der Waals surface area (Å²) in [5.74, 6) is 0.0387. The molecule has 106 valence electrons. The zero-order valence-electron chi connectivity index (χ0n) is 12.3. The quantitative estimate of drug-likeness (QED) is 0.851. The van der Waals surface area contributed by atoms with Gasteiger partial charge >= 0.3 is 0 Å². The van der Waals surface area contributed by atoms with Gasteiger partial charge in [-0.3, -0.25) is 19.8 Å². The lowest BCUT2D eigenvalue weighted by molar-refractivity contribution is -0.127. The minimum atomic E-state index is -0.495. The fraction of sp³-hybridized carbons (Fsp3) is 0.643. The average molecular weight is 264 g/mol. The van der Waals surface area contributed by atoms with Gasteiger partial charge in [-0.2, -0.15) is 0 Å². The Kier molecular flexibility index (Phi) is 3.96. The molecule has 0 radical (unpaired) electrons. The highest BCUT2D eigenvalue weighted by Gasteiger charge is 2.35. The fourth-order valence-electron chi connectivity index (χ4n) is 2.45. The summed E-state index contributed by atoms with van der Waals surface area (Å²) in [6.45, 7) is 11.7. The number of hydrogen-bond donors (Lipinski definition) is 2. The van der Waals surface area contributed by atoms with Gasteiger partial charge < -0.3 is 5.32 Å². The molecule has 0 atom stereocenters. The van der Waals surface area contributed by atoms with Gasteiger partial charge in [0.05, 0.1) is 5.54 Å². The van der Waals surface area contributed by atoms with Crippen molar-refractivity contribution in [3.63, 3.8) is 0 Å². The molecule has 1 aliphatic rings. The number of aromatic nitrogens is 1. The third-order valence-electron chi connectivity index (χ3n) is 3.95. The van der Waals surface area contributed by atoms with Crippen LogP contribution in [0.1, 0.15) is 25.2 Å². The zero-order valence-corrected chi connectivity index (χ0v) is 12.3. The number of carbonyl (C=O) groups excluding carboxylic acids is 1. The van der Waals surface area contributed by atoms with Crippen molar-refractivity contribution in [2.45, 2.75) is 33.2 Å². The van der Waals surface area contributed by atoms with Crippen molar-refractivity contribution in [2.24, 2.45) is 0 Å². The molecule has 2 rings (SSSR count). The van der Waals surface area contributed by atoms with Gasteiger partial charge in [0, 0.05) is 37.6 Å². The number of amides is 1. The van der Waals surface area contributed by atoms with Crippen LogP contribution in [0.4, 0.5) is 0 Å². The molecule has 0 aromatic carbocycles. The van der Waals surface area contributed by atoms with E-state index >= 15 is 0 Å². The fourth-order valence-corrected chi connectivity index (χ4v) is 2.45. The smallest absolute Gasteiger partial charge is 0.258 e. The number of carbonyl (C=O) groups is 1. The number of hydrogen-bond acceptors (Lipinski definition) is 3. The Morgan fingerprint density at radius 2 is 1.74 bits per heavy atom. The molecule has 0 unspecified atom stereocenters. The lowest BCUT2D eigenvalue weighted by Crippen LogP contribution is -2.59. The highest BCUT2D eigenvalue weighted by atomic mass is 16.2. The lowest BCUT2D eigenvalue weighted by Gasteiger charge is -2.39. The molecular weight excluding hydrogens is 240 g/mol. The molecule has 2 heterocycles. The van der Waals surface area contributed by atoms with E-state index in [2.05, 4.69) is 15.6 Å². The van der Waals surface area contributed by atoms with E-state index in [0.717, 1.165) is 37.6 Å². The van der Waals surface area contributed by atoms with Crippen molar-refractivity contribution >= 4 is 5.91 Å². The maximum atomic E-state index is 12.5. The molecular formula is C14H24N4O. The molecule has 0 saturated carbocycles. The molecule has 0 bridgehead atoms. The number of nitrogens with one attached hydrogen (secondary N) is 2. The average Bonchev–Trinajstić information content (AvgIpc) is 2.71. The van der Waals surface area contributed by atoms with Gasteiger partial charge in [0.25, 0.3) is 5.91 Å². The number of nitrogens with zero attached hydrogens (tertiary/aromatic N) is 2. The zero-order chi connectivity index (χ0) is 14.0. The molecule has 1 fully saturated rings. The van der Waals surface area contributed by atoms with E-state index in [0.29, 0.717) is 0 Å². The van der Waals surface area contributed by atoms with Crippen LogP contribution in [-0.4, -0.2) is 47.2 Å². The molecule has 1 saturated heterocycles. The Labute approximate surface area is 114 Å². The SMILES string of the molecule is Cc1ccc(C)n1NC(=O)C(C)(C)N1CCNCC1. The third kappa shape index (κ3) is 2.82. The first-order valence-electron chi connectivity index (χ1n) is 6.85. The van der Waals surface area contributed by atoms with Crippen molar-refractivity contribution in [3.8, 4) is 0 Å². The largest absolute Gasteiger partial charge is 0.314 e. The van der Waals surface area contributed by atoms with E-state index in [1.165, 1.54) is 0 Å². The first-order valence-corrected chi connectivity index (χ1v) is 6.85. The predicted molar refractivity (Wildman–Crippen MR) is 76.8 cm³/mol. The van der Waals surface area contributed by atoms with Gasteiger partial charge in [0.1, 0.15) is 0 Å². The Morgan fingerprint density at radius 3 is 2.26 bits per heavy atom. The van der Waals surface area contributed by atoms with Gasteiger partial charge in [0.15, 0.2) is 0 Å². The second kappa shape index (κ2) is 5.35. The Bertz CT molecular complexity index is 439. The summed E-state index contributed by atoms with van der Waals surface area (Å²) in [6.07, 6.45) is 0. The van der Waals surface area contributed by atoms with Crippen molar-refractivity contribution in [3.05, 3.63) is 23.5 Å². The van der Waals surface area contributed by atoms with Crippen molar-refractivity contribution in [1.29, 1.82) is 0 Å². The van der Waals surface area contributed by atoms with Crippen LogP contribution >= 0.6 is 0 Å². The molecule has 1 aromatic heterocycles. The molecule has 19 heavy (non-hydrogen) atoms. The van der Waals surface area contributed by atoms with E-state index < -0.39 is 5.54 Å². The van der Waals surface area contributed by atoms with Gasteiger partial charge in [-0.05, 0) is 39.8 Å². The molecule has 1 aliphatic heterocycles. The van der Waals surface area contributed by atoms with E-state index in [9.17, 15) is 4.79 Å². The summed E-state index contributed by atoms with van der Waals surface area (Å²) in [6, 6.07) is 4.01. The molecule has 0 aliphatic carbocycles. The molecule has 2 N–H and O–H groups in total. The van der Waals surface area contributed by atoms with E-state index in [-0.39, 0.29) is 5.91 Å². The number of aryl methyl sites for hydroxylation is 2. The molecule has 5 heteroatoms. The maximum Gasteiger partial charge on any atom is 0.258 e. The molecule has 5 nitrogen and oxygen atoms in total. The van der Waals surface area contributed by atoms with Crippen LogP contribution in [0.25, 0.3) is 0 Å². The molecule has 0 spiro atoms. The van der Waals surface area contributed by atoms with Crippen molar-refractivity contribution < 1.29 is 4.79 Å². The summed E-state index contributed by atoms with van der Waals surface area (Å²) in [5.41, 5.74) is 4.60. The third-order valence-corrected chi connectivity index (χ3v) is 3.95. The van der Waals surface area contributed by atoms with Crippen LogP contribution in [0, 0.1) is 13.8 Å². The first-order chi connectivity index (χ1) is 8.93. The Hall–Kier alpha value is -1.33. The highest BCUT2D eigenvalue weighted by Crippen LogP contribution is 2.16. The summed E-state index contributed by atoms with van der Waals surface area (Å²) in [5, 5.41) is 3.31. The summed E-state index contributed by atoms with van der Waals surface area (Å²) < 4.78 is 1.85. The number of rotatable bonds is 3. The van der Waals surface area contributed by atoms with Crippen LogP contribution in [0.3, 0.4) is 0 Å². The van der Waals surface area contributed by atoms with Gasteiger partial charge in [0.2, 0.25) is 0 Å². The Morgan fingerprint density at radius 1 is 1.21 bits per heavy atom. The van der Waals surface area contributed by atoms with Crippen LogP contribution < -0.4 is 10.7 Å². The summed E-state index contributed by atoms with van der Waals surface area (Å²) >= 11 is 0. The minimum absolute atomic E-state index is 0.0387. The van der Waals surface area contributed by atoms with Crippen LogP contribution in [0.2, 0.25) is 0 Å². The van der Waals surface area contributed by atoms with E-state index in [4.69, 9.17) is 0 Å². The normalized spacial score (nSPS) is 17.5. The summed E-state index contributed by atoms with van der Waals surface area (Å²) in [7, 11) is 0. The highest BCUT2D eigenvalue weighted by molar-refractivity contribution is 5.92. The van der Waals surface area contributed by atoms with Gasteiger partial charge in [-0.25, -0.2) is 0 Å². The number of piperazine rings is 1. The lowest BCUT2D eigenvalue weighted by atomic mass is 10.0. The second-order valence-electron chi connectivity index (χ2n) is 5.69. The van der Waals surface area contributed by atoms with E-state index in [1.54, 1.807) is 0 Å². The van der Waals surface area contributed by atoms with Crippen molar-refractivity contribution in [1.82, 2.24) is 14.9 Å². The predicted octanol–water partition coefficient (Wildman–Crippen LogP) is 0.859. The van der Waals surface area contributed by atoms with Crippen LogP contribution in [-0.2, 0) is 4.79 Å². The van der Waals surface area contributed by atoms with Crippen molar-refractivity contribution in [2.75, 3.05) is 31.6 Å². The second-order valence-corrected chi connectivity index (χ2v) is 5.69. The standard InChI is InChI=1S/C14H24N4O/c1-11-5-6-12(2)18(11)16-13(19)14(3,4)17-9-7-15-8-10-17/h5-6,15H,7-10H2,1-4H3,(H,16,19). The molecule has 1 amide bonds. The van der Waals surface area contributed by atoms with Crippen LogP contribution in [0.15, 0.2) is 12.1 Å². The van der Waals surface area contributed by atoms with Crippen LogP contribution in [0.5, 0.6) is 0 Å². The maximum absolute atomic E-state index is 12.5. The van der Waals surface area contributed by atoms with E-state index in [1.807, 2.05) is 44.5 Å². The topological polar surface area (TPSA) is 49.3 Å². The first kappa shape index (κ1) is 14.1. The monoisotopic (exact) mass is 264 g/mol.